The predicted molar refractivity (Wildman–Crippen MR) is 145 cm³/mol. The molecule has 12 heteroatoms. The molecule has 38 heavy (non-hydrogen) atoms. The lowest BCUT2D eigenvalue weighted by Crippen LogP contribution is -2.44. The monoisotopic (exact) mass is 561 g/mol. The van der Waals surface area contributed by atoms with E-state index in [-0.39, 0.29) is 65.2 Å². The van der Waals surface area contributed by atoms with Gasteiger partial charge in [-0.2, -0.15) is 11.8 Å². The van der Waals surface area contributed by atoms with Gasteiger partial charge in [0.1, 0.15) is 13.2 Å². The summed E-state index contributed by atoms with van der Waals surface area (Å²) >= 11 is 1.44. The zero-order chi connectivity index (χ0) is 29.0. The van der Waals surface area contributed by atoms with Crippen LogP contribution in [0.15, 0.2) is 49.2 Å². The third-order valence-electron chi connectivity index (χ3n) is 4.46. The average Bonchev–Trinajstić information content (AvgIpc) is 2.85. The van der Waals surface area contributed by atoms with Crippen molar-refractivity contribution < 1.29 is 47.5 Å². The Labute approximate surface area is 230 Å². The third-order valence-corrected chi connectivity index (χ3v) is 5.43. The maximum atomic E-state index is 12.5. The van der Waals surface area contributed by atoms with Crippen molar-refractivity contribution in [2.45, 2.75) is 32.9 Å². The van der Waals surface area contributed by atoms with Crippen molar-refractivity contribution in [2.24, 2.45) is 5.41 Å². The van der Waals surface area contributed by atoms with E-state index in [0.29, 0.717) is 22.9 Å². The first-order valence-electron chi connectivity index (χ1n) is 11.7. The first-order chi connectivity index (χ1) is 17.9. The number of rotatable bonds is 23. The number of thioether (sulfide) groups is 1. The molecule has 0 heterocycles. The molecule has 1 N–H and O–H groups in total. The van der Waals surface area contributed by atoms with Crippen LogP contribution < -0.4 is 5.32 Å². The summed E-state index contributed by atoms with van der Waals surface area (Å²) in [7, 11) is 0. The van der Waals surface area contributed by atoms with Gasteiger partial charge < -0.3 is 43.2 Å². The van der Waals surface area contributed by atoms with Gasteiger partial charge in [0, 0.05) is 12.1 Å². The number of allylic oxidation sites excluding steroid dienone is 3. The molecular formula is C26H43NO10S. The van der Waals surface area contributed by atoms with Crippen LogP contribution in [0.3, 0.4) is 0 Å². The molecule has 218 valence electrons. The molecule has 1 amide bonds. The number of carbonyl (C=O) groups excluding carboxylic acids is 2. The second-order valence-electron chi connectivity index (χ2n) is 8.63. The Kier molecular flexibility index (Phi) is 18.9. The summed E-state index contributed by atoms with van der Waals surface area (Å²) in [4.78, 5) is 24.1. The molecule has 0 aliphatic heterocycles. The molecule has 0 rings (SSSR count). The van der Waals surface area contributed by atoms with Crippen LogP contribution in [0.1, 0.15) is 27.7 Å². The second kappa shape index (κ2) is 20.3. The Bertz CT molecular complexity index is 731. The summed E-state index contributed by atoms with van der Waals surface area (Å²) in [6.07, 6.45) is 1.17. The van der Waals surface area contributed by atoms with Gasteiger partial charge in [0.15, 0.2) is 20.4 Å². The summed E-state index contributed by atoms with van der Waals surface area (Å²) in [5.74, 6) is 0.973. The van der Waals surface area contributed by atoms with Gasteiger partial charge in [-0.15, -0.1) is 0 Å². The van der Waals surface area contributed by atoms with Crippen molar-refractivity contribution >= 4 is 23.8 Å². The normalized spacial score (nSPS) is 11.6. The molecule has 0 bridgehead atoms. The van der Waals surface area contributed by atoms with Crippen molar-refractivity contribution in [3.05, 3.63) is 49.2 Å². The molecule has 0 spiro atoms. The van der Waals surface area contributed by atoms with E-state index in [1.807, 2.05) is 6.26 Å². The maximum Gasteiger partial charge on any atom is 0.407 e. The van der Waals surface area contributed by atoms with Gasteiger partial charge in [-0.1, -0.05) is 26.3 Å². The summed E-state index contributed by atoms with van der Waals surface area (Å²) in [5.41, 5.74) is -0.640. The van der Waals surface area contributed by atoms with Gasteiger partial charge in [0.25, 0.3) is 0 Å². The van der Waals surface area contributed by atoms with Crippen LogP contribution in [0.5, 0.6) is 0 Å². The highest BCUT2D eigenvalue weighted by atomic mass is 32.2. The zero-order valence-electron chi connectivity index (χ0n) is 23.3. The summed E-state index contributed by atoms with van der Waals surface area (Å²) in [6.45, 7) is 21.4. The van der Waals surface area contributed by atoms with Crippen molar-refractivity contribution in [3.8, 4) is 0 Å². The minimum atomic E-state index is -0.942. The highest BCUT2D eigenvalue weighted by Gasteiger charge is 2.34. The highest BCUT2D eigenvalue weighted by molar-refractivity contribution is 7.99. The summed E-state index contributed by atoms with van der Waals surface area (Å²) < 4.78 is 43.5. The number of alkyl carbamates (subject to hydrolysis) is 1. The van der Waals surface area contributed by atoms with Crippen LogP contribution in [-0.2, 0) is 42.7 Å². The molecule has 0 aliphatic rings. The summed E-state index contributed by atoms with van der Waals surface area (Å²) in [6, 6.07) is 0. The van der Waals surface area contributed by atoms with Crippen LogP contribution in [0, 0.1) is 5.41 Å². The van der Waals surface area contributed by atoms with Crippen LogP contribution in [0.4, 0.5) is 4.79 Å². The van der Waals surface area contributed by atoms with Crippen molar-refractivity contribution in [1.29, 1.82) is 0 Å². The van der Waals surface area contributed by atoms with E-state index in [2.05, 4.69) is 31.6 Å². The van der Waals surface area contributed by atoms with Gasteiger partial charge in [0.2, 0.25) is 0 Å². The minimum Gasteiger partial charge on any atom is -0.473 e. The van der Waals surface area contributed by atoms with Crippen LogP contribution in [-0.4, -0.2) is 83.5 Å². The van der Waals surface area contributed by atoms with Crippen molar-refractivity contribution in [3.63, 3.8) is 0 Å². The molecule has 0 saturated heterocycles. The maximum absolute atomic E-state index is 12.5. The number of carbonyl (C=O) groups is 2. The topological polar surface area (TPSA) is 120 Å². The molecule has 0 aliphatic carbocycles. The Morgan fingerprint density at radius 2 is 1.18 bits per heavy atom. The number of ether oxygens (including phenoxy) is 8. The number of amides is 1. The van der Waals surface area contributed by atoms with E-state index in [1.54, 1.807) is 27.7 Å². The van der Waals surface area contributed by atoms with Crippen molar-refractivity contribution in [2.75, 3.05) is 66.2 Å². The van der Waals surface area contributed by atoms with Gasteiger partial charge in [-0.05, 0) is 34.0 Å². The largest absolute Gasteiger partial charge is 0.473 e. The first-order valence-corrected chi connectivity index (χ1v) is 13.0. The predicted octanol–water partition coefficient (Wildman–Crippen LogP) is 4.12. The standard InChI is InChI=1S/C26H43NO10S/c1-19(2)24(28)33-11-23(38-9)10-27-25(29)34-15-26(12-30-16-35-20(3)4,13-31-17-36-21(5)6)14-32-18-37-22(7)8/h23H,1,3,5,7,10-18H2,2,4,6,8-9H3,(H,27,29). The highest BCUT2D eigenvalue weighted by Crippen LogP contribution is 2.22. The number of nitrogens with one attached hydrogen (secondary N) is 1. The lowest BCUT2D eigenvalue weighted by Gasteiger charge is -2.32. The molecule has 1 atom stereocenters. The molecule has 0 saturated carbocycles. The summed E-state index contributed by atoms with van der Waals surface area (Å²) in [5, 5.41) is 2.50. The van der Waals surface area contributed by atoms with Gasteiger partial charge in [0.05, 0.1) is 47.8 Å². The van der Waals surface area contributed by atoms with Crippen LogP contribution >= 0.6 is 11.8 Å². The molecule has 0 radical (unpaired) electrons. The molecule has 0 aromatic heterocycles. The molecule has 0 fully saturated rings. The fourth-order valence-electron chi connectivity index (χ4n) is 2.42. The van der Waals surface area contributed by atoms with Crippen molar-refractivity contribution in [1.82, 2.24) is 5.32 Å². The SMILES string of the molecule is C=C(C)OCOCC(COCOC(=C)C)(COCOC(=C)C)COC(=O)NCC(COC(=O)C(=C)C)SC. The molecule has 1 unspecified atom stereocenters. The van der Waals surface area contributed by atoms with E-state index in [0.717, 1.165) is 0 Å². The lowest BCUT2D eigenvalue weighted by molar-refractivity contribution is -0.153. The Hall–Kier alpha value is -2.67. The minimum absolute atomic E-state index is 0.0536. The third kappa shape index (κ3) is 18.6. The molecule has 0 aromatic carbocycles. The van der Waals surface area contributed by atoms with Gasteiger partial charge in [-0.25, -0.2) is 9.59 Å². The second-order valence-corrected chi connectivity index (χ2v) is 9.77. The van der Waals surface area contributed by atoms with E-state index >= 15 is 0 Å². The van der Waals surface area contributed by atoms with E-state index < -0.39 is 17.5 Å². The van der Waals surface area contributed by atoms with Crippen LogP contribution in [0.25, 0.3) is 0 Å². The fourth-order valence-corrected chi connectivity index (χ4v) is 2.87. The van der Waals surface area contributed by atoms with Gasteiger partial charge >= 0.3 is 12.1 Å². The number of hydrogen-bond donors (Lipinski definition) is 1. The Balaban J connectivity index is 5.21. The number of esters is 1. The first kappa shape index (κ1) is 35.3. The lowest BCUT2D eigenvalue weighted by atomic mass is 9.92. The quantitative estimate of drug-likeness (QED) is 0.0638. The van der Waals surface area contributed by atoms with E-state index in [9.17, 15) is 9.59 Å². The zero-order valence-corrected chi connectivity index (χ0v) is 24.1. The molecule has 0 aromatic rings. The Morgan fingerprint density at radius 1 is 0.737 bits per heavy atom. The smallest absolute Gasteiger partial charge is 0.407 e. The van der Waals surface area contributed by atoms with Gasteiger partial charge in [-0.3, -0.25) is 0 Å². The van der Waals surface area contributed by atoms with Crippen LogP contribution in [0.2, 0.25) is 0 Å². The molecule has 11 nitrogen and oxygen atoms in total. The average molecular weight is 562 g/mol. The van der Waals surface area contributed by atoms with E-state index in [4.69, 9.17) is 37.9 Å². The fraction of sp³-hybridized carbons (Fsp3) is 0.615. The molecular weight excluding hydrogens is 518 g/mol. The van der Waals surface area contributed by atoms with E-state index in [1.165, 1.54) is 11.8 Å². The Morgan fingerprint density at radius 3 is 1.55 bits per heavy atom. The number of hydrogen-bond acceptors (Lipinski definition) is 11.